The number of nitrogens with one attached hydrogen (secondary N) is 1. The van der Waals surface area contributed by atoms with E-state index in [9.17, 15) is 14.7 Å². The Morgan fingerprint density at radius 3 is 2.43 bits per heavy atom. The average molecular weight is 281 g/mol. The Labute approximate surface area is 121 Å². The minimum Gasteiger partial charge on any atom is -0.382 e. The highest BCUT2D eigenvalue weighted by Crippen LogP contribution is 2.19. The summed E-state index contributed by atoms with van der Waals surface area (Å²) >= 11 is 0. The first-order chi connectivity index (χ1) is 9.88. The maximum absolute atomic E-state index is 12.5. The van der Waals surface area contributed by atoms with Crippen LogP contribution in [0.2, 0.25) is 0 Å². The zero-order valence-electron chi connectivity index (χ0n) is 11.8. The largest absolute Gasteiger partial charge is 0.382 e. The second-order valence-electron chi connectivity index (χ2n) is 5.65. The molecular weight excluding hydrogens is 266 g/mol. The van der Waals surface area contributed by atoms with Crippen molar-refractivity contribution >= 4 is 27.6 Å². The van der Waals surface area contributed by atoms with E-state index in [-0.39, 0.29) is 5.43 Å². The molecule has 0 unspecified atom stereocenters. The minimum absolute atomic E-state index is 0.121. The van der Waals surface area contributed by atoms with Gasteiger partial charge in [0.25, 0.3) is 0 Å². The highest BCUT2D eigenvalue weighted by molar-refractivity contribution is 6.05. The maximum atomic E-state index is 12.5. The molecule has 0 saturated heterocycles. The van der Waals surface area contributed by atoms with Crippen LogP contribution in [0.25, 0.3) is 21.8 Å². The number of para-hydroxylation sites is 1. The summed E-state index contributed by atoms with van der Waals surface area (Å²) in [7, 11) is 0. The molecule has 2 aromatic carbocycles. The monoisotopic (exact) mass is 281 g/mol. The Bertz CT molecular complexity index is 917. The SMILES string of the molecule is CC(C)(O)C(=O)c1ccc2[nH]c3ccccc3c(=O)c2c1. The zero-order chi connectivity index (χ0) is 15.2. The van der Waals surface area contributed by atoms with Crippen molar-refractivity contribution in [3.63, 3.8) is 0 Å². The number of Topliss-reactive ketones (excluding diaryl/α,β-unsaturated/α-hetero) is 1. The van der Waals surface area contributed by atoms with E-state index < -0.39 is 11.4 Å². The van der Waals surface area contributed by atoms with Crippen molar-refractivity contribution in [3.05, 3.63) is 58.3 Å². The number of carbonyl (C=O) groups excluding carboxylic acids is 1. The molecule has 2 N–H and O–H groups in total. The molecule has 0 fully saturated rings. The first-order valence-electron chi connectivity index (χ1n) is 6.70. The van der Waals surface area contributed by atoms with Crippen LogP contribution in [0, 0.1) is 0 Å². The minimum atomic E-state index is -1.46. The first kappa shape index (κ1) is 13.5. The van der Waals surface area contributed by atoms with E-state index in [1.165, 1.54) is 13.8 Å². The number of carbonyl (C=O) groups is 1. The Hall–Kier alpha value is -2.46. The van der Waals surface area contributed by atoms with Gasteiger partial charge in [-0.1, -0.05) is 12.1 Å². The third-order valence-electron chi connectivity index (χ3n) is 3.52. The summed E-state index contributed by atoms with van der Waals surface area (Å²) in [5.74, 6) is -0.406. The van der Waals surface area contributed by atoms with E-state index in [0.29, 0.717) is 21.9 Å². The van der Waals surface area contributed by atoms with Crippen LogP contribution in [0.15, 0.2) is 47.3 Å². The van der Waals surface area contributed by atoms with E-state index in [2.05, 4.69) is 4.98 Å². The molecule has 3 aromatic rings. The van der Waals surface area contributed by atoms with Crippen molar-refractivity contribution in [1.29, 1.82) is 0 Å². The predicted octanol–water partition coefficient (Wildman–Crippen LogP) is 2.63. The number of aromatic amines is 1. The highest BCUT2D eigenvalue weighted by atomic mass is 16.3. The quantitative estimate of drug-likeness (QED) is 0.560. The summed E-state index contributed by atoms with van der Waals surface area (Å²) in [4.78, 5) is 27.8. The molecule has 1 aromatic heterocycles. The predicted molar refractivity (Wildman–Crippen MR) is 82.7 cm³/mol. The molecule has 4 heteroatoms. The third kappa shape index (κ3) is 2.23. The lowest BCUT2D eigenvalue weighted by atomic mass is 9.95. The van der Waals surface area contributed by atoms with Crippen LogP contribution in [0.1, 0.15) is 24.2 Å². The topological polar surface area (TPSA) is 70.2 Å². The fourth-order valence-corrected chi connectivity index (χ4v) is 2.42. The van der Waals surface area contributed by atoms with Gasteiger partial charge in [0.15, 0.2) is 11.2 Å². The summed E-state index contributed by atoms with van der Waals surface area (Å²) < 4.78 is 0. The smallest absolute Gasteiger partial charge is 0.197 e. The zero-order valence-corrected chi connectivity index (χ0v) is 11.8. The fourth-order valence-electron chi connectivity index (χ4n) is 2.42. The number of fused-ring (bicyclic) bond motifs is 2. The molecular formula is C17H15NO3. The standard InChI is InChI=1S/C17H15NO3/c1-17(2,21)16(20)10-7-8-14-12(9-10)15(19)11-5-3-4-6-13(11)18-14/h3-9,21H,1-2H3,(H,18,19). The normalized spacial score (nSPS) is 12.0. The van der Waals surface area contributed by atoms with E-state index in [0.717, 1.165) is 5.52 Å². The number of aliphatic hydroxyl groups is 1. The molecule has 0 bridgehead atoms. The van der Waals surface area contributed by atoms with Gasteiger partial charge in [0.2, 0.25) is 0 Å². The van der Waals surface area contributed by atoms with Gasteiger partial charge >= 0.3 is 0 Å². The van der Waals surface area contributed by atoms with Crippen LogP contribution in [-0.2, 0) is 0 Å². The number of benzene rings is 2. The Balaban J connectivity index is 2.32. The molecule has 106 valence electrons. The highest BCUT2D eigenvalue weighted by Gasteiger charge is 2.25. The number of aromatic nitrogens is 1. The molecule has 0 amide bonds. The second kappa shape index (κ2) is 4.53. The van der Waals surface area contributed by atoms with E-state index in [4.69, 9.17) is 0 Å². The molecule has 0 spiro atoms. The average Bonchev–Trinajstić information content (AvgIpc) is 2.45. The molecule has 0 radical (unpaired) electrons. The lowest BCUT2D eigenvalue weighted by Gasteiger charge is -2.15. The summed E-state index contributed by atoms with van der Waals surface area (Å²) in [6, 6.07) is 12.1. The van der Waals surface area contributed by atoms with E-state index in [1.807, 2.05) is 12.1 Å². The molecule has 0 aliphatic carbocycles. The fraction of sp³-hybridized carbons (Fsp3) is 0.176. The van der Waals surface area contributed by atoms with Gasteiger partial charge in [-0.15, -0.1) is 0 Å². The van der Waals surface area contributed by atoms with Gasteiger partial charge in [-0.25, -0.2) is 0 Å². The van der Waals surface area contributed by atoms with Gasteiger partial charge in [-0.05, 0) is 44.2 Å². The molecule has 0 aliphatic heterocycles. The van der Waals surface area contributed by atoms with Gasteiger partial charge in [0, 0.05) is 27.4 Å². The van der Waals surface area contributed by atoms with Crippen LogP contribution in [0.4, 0.5) is 0 Å². The van der Waals surface area contributed by atoms with E-state index >= 15 is 0 Å². The van der Waals surface area contributed by atoms with Crippen LogP contribution in [0.5, 0.6) is 0 Å². The van der Waals surface area contributed by atoms with Crippen LogP contribution in [0.3, 0.4) is 0 Å². The number of ketones is 1. The van der Waals surface area contributed by atoms with Gasteiger partial charge in [-0.3, -0.25) is 9.59 Å². The number of hydrogen-bond donors (Lipinski definition) is 2. The first-order valence-corrected chi connectivity index (χ1v) is 6.70. The molecule has 0 saturated carbocycles. The van der Waals surface area contributed by atoms with Gasteiger partial charge in [0.1, 0.15) is 5.60 Å². The second-order valence-corrected chi connectivity index (χ2v) is 5.65. The summed E-state index contributed by atoms with van der Waals surface area (Å²) in [5.41, 5.74) is 0.181. The number of rotatable bonds is 2. The Morgan fingerprint density at radius 2 is 1.71 bits per heavy atom. The molecule has 0 atom stereocenters. The number of hydrogen-bond acceptors (Lipinski definition) is 3. The van der Waals surface area contributed by atoms with Crippen molar-refractivity contribution in [1.82, 2.24) is 4.98 Å². The van der Waals surface area contributed by atoms with Crippen molar-refractivity contribution in [2.45, 2.75) is 19.4 Å². The third-order valence-corrected chi connectivity index (χ3v) is 3.52. The summed E-state index contributed by atoms with van der Waals surface area (Å²) in [6.07, 6.45) is 0. The van der Waals surface area contributed by atoms with E-state index in [1.54, 1.807) is 30.3 Å². The molecule has 3 rings (SSSR count). The Kier molecular flexibility index (Phi) is 2.92. The van der Waals surface area contributed by atoms with Crippen LogP contribution >= 0.6 is 0 Å². The van der Waals surface area contributed by atoms with Gasteiger partial charge < -0.3 is 10.1 Å². The van der Waals surface area contributed by atoms with Crippen LogP contribution < -0.4 is 5.43 Å². The van der Waals surface area contributed by atoms with Crippen LogP contribution in [-0.4, -0.2) is 21.5 Å². The van der Waals surface area contributed by atoms with Gasteiger partial charge in [0.05, 0.1) is 0 Å². The molecule has 0 aliphatic rings. The lowest BCUT2D eigenvalue weighted by Crippen LogP contribution is -2.31. The number of H-pyrrole nitrogens is 1. The molecule has 4 nitrogen and oxygen atoms in total. The molecule has 1 heterocycles. The van der Waals surface area contributed by atoms with Crippen molar-refractivity contribution < 1.29 is 9.90 Å². The maximum Gasteiger partial charge on any atom is 0.197 e. The molecule has 21 heavy (non-hydrogen) atoms. The Morgan fingerprint density at radius 1 is 1.05 bits per heavy atom. The van der Waals surface area contributed by atoms with Gasteiger partial charge in [-0.2, -0.15) is 0 Å². The van der Waals surface area contributed by atoms with Crippen molar-refractivity contribution in [2.75, 3.05) is 0 Å². The lowest BCUT2D eigenvalue weighted by molar-refractivity contribution is 0.0488. The number of pyridine rings is 1. The summed E-state index contributed by atoms with van der Waals surface area (Å²) in [6.45, 7) is 2.87. The van der Waals surface area contributed by atoms with Crippen molar-refractivity contribution in [3.8, 4) is 0 Å². The van der Waals surface area contributed by atoms with Crippen molar-refractivity contribution in [2.24, 2.45) is 0 Å². The summed E-state index contributed by atoms with van der Waals surface area (Å²) in [5, 5.41) is 10.8.